The normalized spacial score (nSPS) is 35.3. The summed E-state index contributed by atoms with van der Waals surface area (Å²) >= 11 is 3.70. The van der Waals surface area contributed by atoms with E-state index in [1.165, 1.54) is 0 Å². The lowest BCUT2D eigenvalue weighted by atomic mass is 10.3. The molecule has 0 radical (unpaired) electrons. The lowest BCUT2D eigenvalue weighted by molar-refractivity contribution is -0.0772. The van der Waals surface area contributed by atoms with E-state index in [1.807, 2.05) is 11.8 Å². The average molecular weight is 234 g/mol. The minimum atomic E-state index is -0.811. The van der Waals surface area contributed by atoms with Crippen LogP contribution in [0.15, 0.2) is 12.2 Å². The van der Waals surface area contributed by atoms with Gasteiger partial charge in [0.15, 0.2) is 6.29 Å². The number of aliphatic hydroxyl groups is 1. The molecule has 0 saturated carbocycles. The van der Waals surface area contributed by atoms with Crippen molar-refractivity contribution >= 4 is 23.5 Å². The van der Waals surface area contributed by atoms with E-state index < -0.39 is 6.29 Å². The number of hydrogen-bond donors (Lipinski definition) is 1. The van der Waals surface area contributed by atoms with Crippen LogP contribution in [0.2, 0.25) is 0 Å². The zero-order chi connectivity index (χ0) is 10.7. The lowest BCUT2D eigenvalue weighted by Gasteiger charge is -2.32. The molecule has 0 aromatic heterocycles. The SMILES string of the molecule is C=C(C)C(O)OC1CSC(C)C(C)S1. The van der Waals surface area contributed by atoms with Crippen LogP contribution >= 0.6 is 23.5 Å². The van der Waals surface area contributed by atoms with Gasteiger partial charge in [0.25, 0.3) is 0 Å². The molecule has 0 spiro atoms. The minimum absolute atomic E-state index is 0.0953. The topological polar surface area (TPSA) is 29.5 Å². The summed E-state index contributed by atoms with van der Waals surface area (Å²) in [6, 6.07) is 0. The second kappa shape index (κ2) is 5.45. The van der Waals surface area contributed by atoms with Crippen LogP contribution in [0.1, 0.15) is 20.8 Å². The summed E-state index contributed by atoms with van der Waals surface area (Å²) in [6.45, 7) is 9.87. The Morgan fingerprint density at radius 1 is 1.50 bits per heavy atom. The minimum Gasteiger partial charge on any atom is -0.364 e. The Kier molecular flexibility index (Phi) is 4.83. The fraction of sp³-hybridized carbons (Fsp3) is 0.800. The second-order valence-electron chi connectivity index (χ2n) is 3.64. The van der Waals surface area contributed by atoms with Gasteiger partial charge in [-0.15, -0.1) is 11.8 Å². The van der Waals surface area contributed by atoms with Crippen LogP contribution in [-0.2, 0) is 4.74 Å². The molecule has 1 N–H and O–H groups in total. The standard InChI is InChI=1S/C10H18O2S2/c1-6(2)10(11)12-9-5-13-7(3)8(4)14-9/h7-11H,1,5H2,2-4H3. The largest absolute Gasteiger partial charge is 0.364 e. The molecule has 1 aliphatic rings. The van der Waals surface area contributed by atoms with E-state index in [0.29, 0.717) is 16.1 Å². The second-order valence-corrected chi connectivity index (χ2v) is 6.60. The maximum absolute atomic E-state index is 9.49. The molecular weight excluding hydrogens is 216 g/mol. The van der Waals surface area contributed by atoms with E-state index in [4.69, 9.17) is 4.74 Å². The molecule has 0 aliphatic carbocycles. The summed E-state index contributed by atoms with van der Waals surface area (Å²) in [4.78, 5) is 0. The van der Waals surface area contributed by atoms with Crippen molar-refractivity contribution in [2.24, 2.45) is 0 Å². The van der Waals surface area contributed by atoms with Crippen LogP contribution in [0.4, 0.5) is 0 Å². The van der Waals surface area contributed by atoms with Gasteiger partial charge in [0.05, 0.1) is 0 Å². The van der Waals surface area contributed by atoms with Gasteiger partial charge in [-0.2, -0.15) is 11.8 Å². The molecule has 4 atom stereocenters. The highest BCUT2D eigenvalue weighted by molar-refractivity contribution is 8.07. The van der Waals surface area contributed by atoms with Crippen LogP contribution in [0.25, 0.3) is 0 Å². The van der Waals surface area contributed by atoms with Crippen LogP contribution in [0, 0.1) is 0 Å². The van der Waals surface area contributed by atoms with Crippen molar-refractivity contribution in [3.63, 3.8) is 0 Å². The summed E-state index contributed by atoms with van der Waals surface area (Å²) in [5, 5.41) is 10.7. The molecule has 0 amide bonds. The van der Waals surface area contributed by atoms with Crippen molar-refractivity contribution in [2.45, 2.75) is 43.0 Å². The summed E-state index contributed by atoms with van der Waals surface area (Å²) in [6.07, 6.45) is -0.811. The Bertz CT molecular complexity index is 208. The first-order valence-corrected chi connectivity index (χ1v) is 6.76. The van der Waals surface area contributed by atoms with Crippen molar-refractivity contribution in [1.29, 1.82) is 0 Å². The van der Waals surface area contributed by atoms with Crippen molar-refractivity contribution in [3.8, 4) is 0 Å². The van der Waals surface area contributed by atoms with E-state index in [-0.39, 0.29) is 5.44 Å². The fourth-order valence-electron chi connectivity index (χ4n) is 1.09. The molecular formula is C10H18O2S2. The molecule has 2 nitrogen and oxygen atoms in total. The molecule has 4 unspecified atom stereocenters. The van der Waals surface area contributed by atoms with Crippen molar-refractivity contribution < 1.29 is 9.84 Å². The zero-order valence-electron chi connectivity index (χ0n) is 8.90. The van der Waals surface area contributed by atoms with Gasteiger partial charge in [-0.05, 0) is 12.5 Å². The third-order valence-electron chi connectivity index (χ3n) is 2.22. The lowest BCUT2D eigenvalue weighted by Crippen LogP contribution is -2.31. The molecule has 0 aromatic carbocycles. The Labute approximate surface area is 94.5 Å². The van der Waals surface area contributed by atoms with Gasteiger partial charge in [-0.25, -0.2) is 0 Å². The van der Waals surface area contributed by atoms with E-state index in [1.54, 1.807) is 18.7 Å². The van der Waals surface area contributed by atoms with Crippen LogP contribution in [0.5, 0.6) is 0 Å². The van der Waals surface area contributed by atoms with Gasteiger partial charge in [0.1, 0.15) is 5.44 Å². The third-order valence-corrected chi connectivity index (χ3v) is 5.46. The predicted octanol–water partition coefficient (Wildman–Crippen LogP) is 2.48. The van der Waals surface area contributed by atoms with Crippen LogP contribution in [0.3, 0.4) is 0 Å². The van der Waals surface area contributed by atoms with Gasteiger partial charge < -0.3 is 9.84 Å². The number of thioether (sulfide) groups is 2. The Morgan fingerprint density at radius 3 is 2.64 bits per heavy atom. The molecule has 1 saturated heterocycles. The number of aliphatic hydroxyl groups excluding tert-OH is 1. The Morgan fingerprint density at radius 2 is 2.14 bits per heavy atom. The predicted molar refractivity (Wildman–Crippen MR) is 64.7 cm³/mol. The maximum atomic E-state index is 9.49. The highest BCUT2D eigenvalue weighted by Crippen LogP contribution is 2.36. The molecule has 4 heteroatoms. The fourth-order valence-corrected chi connectivity index (χ4v) is 3.74. The van der Waals surface area contributed by atoms with Gasteiger partial charge in [-0.3, -0.25) is 0 Å². The van der Waals surface area contributed by atoms with Gasteiger partial charge >= 0.3 is 0 Å². The molecule has 0 aromatic rings. The average Bonchev–Trinajstić information content (AvgIpc) is 2.11. The molecule has 14 heavy (non-hydrogen) atoms. The van der Waals surface area contributed by atoms with E-state index >= 15 is 0 Å². The number of rotatable bonds is 3. The van der Waals surface area contributed by atoms with Crippen LogP contribution < -0.4 is 0 Å². The highest BCUT2D eigenvalue weighted by atomic mass is 32.2. The van der Waals surface area contributed by atoms with E-state index in [0.717, 1.165) is 5.75 Å². The Hall–Kier alpha value is 0.360. The molecule has 82 valence electrons. The monoisotopic (exact) mass is 234 g/mol. The van der Waals surface area contributed by atoms with Crippen molar-refractivity contribution in [1.82, 2.24) is 0 Å². The van der Waals surface area contributed by atoms with E-state index in [2.05, 4.69) is 20.4 Å². The first kappa shape index (κ1) is 12.4. The number of hydrogen-bond acceptors (Lipinski definition) is 4. The summed E-state index contributed by atoms with van der Waals surface area (Å²) in [7, 11) is 0. The van der Waals surface area contributed by atoms with Gasteiger partial charge in [0.2, 0.25) is 0 Å². The summed E-state index contributed by atoms with van der Waals surface area (Å²) in [5.41, 5.74) is 0.764. The Balaban J connectivity index is 2.36. The van der Waals surface area contributed by atoms with Crippen molar-refractivity contribution in [2.75, 3.05) is 5.75 Å². The molecule has 1 aliphatic heterocycles. The third kappa shape index (κ3) is 3.50. The smallest absolute Gasteiger partial charge is 0.178 e. The zero-order valence-corrected chi connectivity index (χ0v) is 10.5. The molecule has 0 bridgehead atoms. The van der Waals surface area contributed by atoms with Crippen molar-refractivity contribution in [3.05, 3.63) is 12.2 Å². The summed E-state index contributed by atoms with van der Waals surface area (Å²) < 4.78 is 5.47. The van der Waals surface area contributed by atoms with Gasteiger partial charge in [-0.1, -0.05) is 20.4 Å². The van der Waals surface area contributed by atoms with E-state index in [9.17, 15) is 5.11 Å². The quantitative estimate of drug-likeness (QED) is 0.600. The summed E-state index contributed by atoms with van der Waals surface area (Å²) in [5.74, 6) is 0.945. The number of ether oxygens (including phenoxy) is 1. The van der Waals surface area contributed by atoms with Gasteiger partial charge in [0, 0.05) is 16.3 Å². The highest BCUT2D eigenvalue weighted by Gasteiger charge is 2.27. The molecule has 1 rings (SSSR count). The van der Waals surface area contributed by atoms with Crippen LogP contribution in [-0.4, -0.2) is 33.1 Å². The molecule has 1 fully saturated rings. The first-order valence-electron chi connectivity index (χ1n) is 4.76. The first-order chi connectivity index (χ1) is 6.50. The maximum Gasteiger partial charge on any atom is 0.178 e. The molecule has 1 heterocycles.